The number of aromatic nitrogens is 2. The molecule has 2 aromatic heterocycles. The molecule has 24 heavy (non-hydrogen) atoms. The van der Waals surface area contributed by atoms with Crippen LogP contribution in [0.5, 0.6) is 0 Å². The van der Waals surface area contributed by atoms with Crippen molar-refractivity contribution in [2.75, 3.05) is 18.0 Å². The van der Waals surface area contributed by atoms with Gasteiger partial charge in [0.25, 0.3) is 5.56 Å². The Hall–Kier alpha value is -2.35. The zero-order valence-electron chi connectivity index (χ0n) is 13.6. The second kappa shape index (κ2) is 4.83. The summed E-state index contributed by atoms with van der Waals surface area (Å²) in [6.45, 7) is 1.84. The van der Waals surface area contributed by atoms with Gasteiger partial charge in [-0.1, -0.05) is 0 Å². The van der Waals surface area contributed by atoms with Crippen molar-refractivity contribution in [1.82, 2.24) is 9.97 Å². The van der Waals surface area contributed by atoms with E-state index in [4.69, 9.17) is 4.98 Å². The molecule has 2 saturated carbocycles. The summed E-state index contributed by atoms with van der Waals surface area (Å²) in [5.41, 5.74) is 3.87. The Bertz CT molecular complexity index is 921. The van der Waals surface area contributed by atoms with E-state index in [1.54, 1.807) is 0 Å². The number of pyridine rings is 2. The van der Waals surface area contributed by atoms with Gasteiger partial charge in [-0.2, -0.15) is 5.26 Å². The summed E-state index contributed by atoms with van der Waals surface area (Å²) >= 11 is 0. The first-order chi connectivity index (χ1) is 11.7. The van der Waals surface area contributed by atoms with Crippen molar-refractivity contribution >= 4 is 16.7 Å². The van der Waals surface area contributed by atoms with Gasteiger partial charge in [0.05, 0.1) is 11.2 Å². The molecule has 5 heteroatoms. The molecule has 0 unspecified atom stereocenters. The van der Waals surface area contributed by atoms with Crippen LogP contribution in [0.3, 0.4) is 0 Å². The summed E-state index contributed by atoms with van der Waals surface area (Å²) in [6, 6.07) is 6.10. The second-order valence-corrected chi connectivity index (χ2v) is 7.68. The normalized spacial score (nSPS) is 21.9. The Labute approximate surface area is 140 Å². The number of piperidine rings is 1. The lowest BCUT2D eigenvalue weighted by molar-refractivity contribution is 0.384. The number of hydrogen-bond donors (Lipinski definition) is 1. The van der Waals surface area contributed by atoms with Crippen LogP contribution in [0.15, 0.2) is 16.9 Å². The van der Waals surface area contributed by atoms with Crippen molar-refractivity contribution < 1.29 is 0 Å². The van der Waals surface area contributed by atoms with E-state index >= 15 is 0 Å². The monoisotopic (exact) mass is 320 g/mol. The largest absolute Gasteiger partial charge is 0.368 e. The Morgan fingerprint density at radius 3 is 2.58 bits per heavy atom. The van der Waals surface area contributed by atoms with E-state index < -0.39 is 0 Å². The Kier molecular flexibility index (Phi) is 2.82. The SMILES string of the molecule is N#Cc1c(N2CCC3(CC2)CC3)c2nc(C3CC3)ccc2[nH]c1=O. The number of H-pyrrole nitrogens is 1. The van der Waals surface area contributed by atoms with E-state index in [1.807, 2.05) is 12.1 Å². The first-order valence-electron chi connectivity index (χ1n) is 8.91. The summed E-state index contributed by atoms with van der Waals surface area (Å²) in [4.78, 5) is 22.3. The minimum Gasteiger partial charge on any atom is -0.368 e. The third-order valence-electron chi connectivity index (χ3n) is 6.06. The van der Waals surface area contributed by atoms with Crippen molar-refractivity contribution in [1.29, 1.82) is 5.26 Å². The van der Waals surface area contributed by atoms with E-state index in [9.17, 15) is 10.1 Å². The number of nitrogens with zero attached hydrogens (tertiary/aromatic N) is 3. The summed E-state index contributed by atoms with van der Waals surface area (Å²) in [5, 5.41) is 9.57. The van der Waals surface area contributed by atoms with E-state index in [0.717, 1.165) is 48.3 Å². The van der Waals surface area contributed by atoms with Gasteiger partial charge in [0.15, 0.2) is 0 Å². The fourth-order valence-corrected chi connectivity index (χ4v) is 4.07. The minimum absolute atomic E-state index is 0.217. The van der Waals surface area contributed by atoms with Crippen molar-refractivity contribution in [2.24, 2.45) is 5.41 Å². The predicted octanol–water partition coefficient (Wildman–Crippen LogP) is 3.05. The van der Waals surface area contributed by atoms with Crippen LogP contribution >= 0.6 is 0 Å². The third-order valence-corrected chi connectivity index (χ3v) is 6.06. The highest BCUT2D eigenvalue weighted by Crippen LogP contribution is 2.54. The molecule has 3 aliphatic rings. The van der Waals surface area contributed by atoms with Crippen molar-refractivity contribution in [3.8, 4) is 6.07 Å². The minimum atomic E-state index is -0.298. The van der Waals surface area contributed by atoms with Gasteiger partial charge in [0.2, 0.25) is 0 Å². The molecule has 5 nitrogen and oxygen atoms in total. The summed E-state index contributed by atoms with van der Waals surface area (Å²) in [5.74, 6) is 0.552. The van der Waals surface area contributed by atoms with Crippen LogP contribution in [0, 0.1) is 16.7 Å². The van der Waals surface area contributed by atoms with Crippen molar-refractivity contribution in [3.63, 3.8) is 0 Å². The number of rotatable bonds is 2. The number of nitrogens with one attached hydrogen (secondary N) is 1. The second-order valence-electron chi connectivity index (χ2n) is 7.68. The molecule has 2 aromatic rings. The summed E-state index contributed by atoms with van der Waals surface area (Å²) < 4.78 is 0. The molecule has 0 bridgehead atoms. The van der Waals surface area contributed by atoms with Crippen LogP contribution < -0.4 is 10.5 Å². The molecular weight excluding hydrogens is 300 g/mol. The zero-order valence-corrected chi connectivity index (χ0v) is 13.6. The maximum atomic E-state index is 12.4. The molecule has 0 aromatic carbocycles. The van der Waals surface area contributed by atoms with Crippen molar-refractivity contribution in [2.45, 2.75) is 44.4 Å². The highest BCUT2D eigenvalue weighted by molar-refractivity contribution is 5.91. The lowest BCUT2D eigenvalue weighted by Crippen LogP contribution is -2.36. The van der Waals surface area contributed by atoms with Crippen LogP contribution in [-0.4, -0.2) is 23.1 Å². The molecule has 3 fully saturated rings. The molecule has 1 saturated heterocycles. The molecule has 0 radical (unpaired) electrons. The fraction of sp³-hybridized carbons (Fsp3) is 0.526. The van der Waals surface area contributed by atoms with E-state index in [0.29, 0.717) is 11.3 Å². The van der Waals surface area contributed by atoms with E-state index in [-0.39, 0.29) is 11.1 Å². The maximum Gasteiger partial charge on any atom is 0.268 e. The summed E-state index contributed by atoms with van der Waals surface area (Å²) in [7, 11) is 0. The molecule has 1 spiro atoms. The molecule has 0 amide bonds. The molecule has 122 valence electrons. The predicted molar refractivity (Wildman–Crippen MR) is 92.2 cm³/mol. The molecule has 1 aliphatic heterocycles. The van der Waals surface area contributed by atoms with Crippen LogP contribution in [0.2, 0.25) is 0 Å². The first-order valence-corrected chi connectivity index (χ1v) is 8.91. The standard InChI is InChI=1S/C19H20N4O/c20-11-13-17(23-9-7-19(5-6-19)8-10-23)16-15(22-18(13)24)4-3-14(21-16)12-1-2-12/h3-4,12H,1-2,5-10H2,(H,22,24). The summed E-state index contributed by atoms with van der Waals surface area (Å²) in [6.07, 6.45) is 7.38. The molecule has 2 aliphatic carbocycles. The van der Waals surface area contributed by atoms with Gasteiger partial charge < -0.3 is 9.88 Å². The van der Waals surface area contributed by atoms with Crippen LogP contribution in [-0.2, 0) is 0 Å². The van der Waals surface area contributed by atoms with Crippen LogP contribution in [0.1, 0.15) is 55.7 Å². The molecule has 3 heterocycles. The quantitative estimate of drug-likeness (QED) is 0.923. The Morgan fingerprint density at radius 1 is 1.21 bits per heavy atom. The van der Waals surface area contributed by atoms with E-state index in [1.165, 1.54) is 25.7 Å². The van der Waals surface area contributed by atoms with Crippen LogP contribution in [0.25, 0.3) is 11.0 Å². The van der Waals surface area contributed by atoms with E-state index in [2.05, 4.69) is 16.0 Å². The third kappa shape index (κ3) is 2.13. The highest BCUT2D eigenvalue weighted by Gasteiger charge is 2.45. The fourth-order valence-electron chi connectivity index (χ4n) is 4.07. The average molecular weight is 320 g/mol. The van der Waals surface area contributed by atoms with Gasteiger partial charge in [-0.15, -0.1) is 0 Å². The molecule has 1 N–H and O–H groups in total. The lowest BCUT2D eigenvalue weighted by atomic mass is 9.93. The number of nitriles is 1. The van der Waals surface area contributed by atoms with Crippen molar-refractivity contribution in [3.05, 3.63) is 33.7 Å². The van der Waals surface area contributed by atoms with Gasteiger partial charge in [0, 0.05) is 24.7 Å². The number of aromatic amines is 1. The zero-order chi connectivity index (χ0) is 16.3. The number of anilines is 1. The first kappa shape index (κ1) is 14.0. The number of hydrogen-bond acceptors (Lipinski definition) is 4. The molecular formula is C19H20N4O. The number of fused-ring (bicyclic) bond motifs is 1. The average Bonchev–Trinajstić information content (AvgIpc) is 3.50. The highest BCUT2D eigenvalue weighted by atomic mass is 16.1. The van der Waals surface area contributed by atoms with Gasteiger partial charge >= 0.3 is 0 Å². The lowest BCUT2D eigenvalue weighted by Gasteiger charge is -2.34. The topological polar surface area (TPSA) is 72.8 Å². The van der Waals surface area contributed by atoms with Gasteiger partial charge in [-0.3, -0.25) is 4.79 Å². The Morgan fingerprint density at radius 2 is 1.96 bits per heavy atom. The smallest absolute Gasteiger partial charge is 0.268 e. The van der Waals surface area contributed by atoms with Crippen LogP contribution in [0.4, 0.5) is 5.69 Å². The Balaban J connectivity index is 1.67. The maximum absolute atomic E-state index is 12.4. The van der Waals surface area contributed by atoms with Gasteiger partial charge in [0.1, 0.15) is 17.1 Å². The van der Waals surface area contributed by atoms with Gasteiger partial charge in [-0.05, 0) is 56.1 Å². The molecule has 0 atom stereocenters. The van der Waals surface area contributed by atoms with Gasteiger partial charge in [-0.25, -0.2) is 4.98 Å². The molecule has 5 rings (SSSR count).